The van der Waals surface area contributed by atoms with E-state index >= 15 is 0 Å². The first-order valence-electron chi connectivity index (χ1n) is 5.82. The van der Waals surface area contributed by atoms with Crippen LogP contribution >= 0.6 is 0 Å². The quantitative estimate of drug-likeness (QED) is 0.681. The van der Waals surface area contributed by atoms with Crippen LogP contribution in [0, 0.1) is 0 Å². The summed E-state index contributed by atoms with van der Waals surface area (Å²) in [5.41, 5.74) is 7.47. The Morgan fingerprint density at radius 3 is 2.88 bits per heavy atom. The van der Waals surface area contributed by atoms with Gasteiger partial charge in [-0.1, -0.05) is 24.6 Å². The third-order valence-corrected chi connectivity index (χ3v) is 2.93. The standard InChI is InChI=1S/C13H17NO2/c14-12-9-3-1-2-6-10-7-4-5-8-11(10)13(15)16-12/h4-5,7-8,12H,1-3,6,9,14H2/t12-/m1/s1. The van der Waals surface area contributed by atoms with Crippen LogP contribution in [-0.2, 0) is 11.2 Å². The summed E-state index contributed by atoms with van der Waals surface area (Å²) in [6.45, 7) is 0. The number of cyclic esters (lactones) is 1. The van der Waals surface area contributed by atoms with Crippen LogP contribution in [0.15, 0.2) is 24.3 Å². The highest BCUT2D eigenvalue weighted by Crippen LogP contribution is 2.17. The van der Waals surface area contributed by atoms with Crippen LogP contribution in [0.4, 0.5) is 0 Å². The van der Waals surface area contributed by atoms with Gasteiger partial charge in [0.05, 0.1) is 5.56 Å². The number of hydrogen-bond donors (Lipinski definition) is 1. The summed E-state index contributed by atoms with van der Waals surface area (Å²) in [5, 5.41) is 0. The van der Waals surface area contributed by atoms with Crippen molar-refractivity contribution in [3.8, 4) is 0 Å². The van der Waals surface area contributed by atoms with Crippen LogP contribution in [-0.4, -0.2) is 12.2 Å². The molecule has 0 spiro atoms. The van der Waals surface area contributed by atoms with Gasteiger partial charge in [-0.15, -0.1) is 0 Å². The Morgan fingerprint density at radius 2 is 2.00 bits per heavy atom. The maximum Gasteiger partial charge on any atom is 0.339 e. The molecule has 0 amide bonds. The van der Waals surface area contributed by atoms with Crippen molar-refractivity contribution in [2.75, 3.05) is 0 Å². The van der Waals surface area contributed by atoms with Crippen molar-refractivity contribution in [1.29, 1.82) is 0 Å². The lowest BCUT2D eigenvalue weighted by atomic mass is 10.00. The van der Waals surface area contributed by atoms with Gasteiger partial charge in [0.15, 0.2) is 6.23 Å². The van der Waals surface area contributed by atoms with E-state index in [2.05, 4.69) is 0 Å². The number of benzene rings is 1. The summed E-state index contributed by atoms with van der Waals surface area (Å²) in [6.07, 6.45) is 4.51. The molecule has 86 valence electrons. The van der Waals surface area contributed by atoms with Gasteiger partial charge in [0.25, 0.3) is 0 Å². The molecule has 0 radical (unpaired) electrons. The monoisotopic (exact) mass is 219 g/mol. The van der Waals surface area contributed by atoms with Gasteiger partial charge in [0, 0.05) is 0 Å². The van der Waals surface area contributed by atoms with E-state index in [0.717, 1.165) is 37.7 Å². The number of carbonyl (C=O) groups excluding carboxylic acids is 1. The molecule has 1 heterocycles. The molecule has 1 aliphatic rings. The molecule has 0 unspecified atom stereocenters. The fourth-order valence-electron chi connectivity index (χ4n) is 2.04. The number of carbonyl (C=O) groups is 1. The van der Waals surface area contributed by atoms with Crippen LogP contribution in [0.2, 0.25) is 0 Å². The minimum absolute atomic E-state index is 0.287. The van der Waals surface area contributed by atoms with Crippen molar-refractivity contribution in [2.45, 2.75) is 38.3 Å². The number of fused-ring (bicyclic) bond motifs is 1. The average molecular weight is 219 g/mol. The Hall–Kier alpha value is -1.35. The van der Waals surface area contributed by atoms with Crippen molar-refractivity contribution in [2.24, 2.45) is 5.73 Å². The summed E-state index contributed by atoms with van der Waals surface area (Å²) in [6, 6.07) is 7.62. The van der Waals surface area contributed by atoms with E-state index in [1.807, 2.05) is 24.3 Å². The number of nitrogens with two attached hydrogens (primary N) is 1. The van der Waals surface area contributed by atoms with Crippen LogP contribution in [0.3, 0.4) is 0 Å². The zero-order valence-electron chi connectivity index (χ0n) is 9.32. The van der Waals surface area contributed by atoms with E-state index in [-0.39, 0.29) is 5.97 Å². The van der Waals surface area contributed by atoms with E-state index in [1.165, 1.54) is 0 Å². The normalized spacial score (nSPS) is 22.1. The lowest BCUT2D eigenvalue weighted by Crippen LogP contribution is -2.28. The van der Waals surface area contributed by atoms with Crippen molar-refractivity contribution in [3.63, 3.8) is 0 Å². The number of ether oxygens (including phenoxy) is 1. The SMILES string of the molecule is N[C@H]1CCCCCc2ccccc2C(=O)O1. The maximum absolute atomic E-state index is 11.8. The van der Waals surface area contributed by atoms with E-state index in [0.29, 0.717) is 5.56 Å². The zero-order valence-corrected chi connectivity index (χ0v) is 9.32. The van der Waals surface area contributed by atoms with E-state index in [1.54, 1.807) is 0 Å². The van der Waals surface area contributed by atoms with Crippen LogP contribution in [0.25, 0.3) is 0 Å². The smallest absolute Gasteiger partial charge is 0.339 e. The fourth-order valence-corrected chi connectivity index (χ4v) is 2.04. The second kappa shape index (κ2) is 5.12. The molecule has 0 saturated heterocycles. The first kappa shape index (κ1) is 11.1. The largest absolute Gasteiger partial charge is 0.443 e. The highest BCUT2D eigenvalue weighted by Gasteiger charge is 2.16. The third-order valence-electron chi connectivity index (χ3n) is 2.93. The minimum Gasteiger partial charge on any atom is -0.443 e. The molecule has 2 N–H and O–H groups in total. The maximum atomic E-state index is 11.8. The Bertz CT molecular complexity index is 376. The van der Waals surface area contributed by atoms with Gasteiger partial charge in [0.2, 0.25) is 0 Å². The first-order chi connectivity index (χ1) is 7.77. The van der Waals surface area contributed by atoms with E-state index < -0.39 is 6.23 Å². The predicted octanol–water partition coefficient (Wildman–Crippen LogP) is 2.24. The molecular formula is C13H17NO2. The van der Waals surface area contributed by atoms with Crippen LogP contribution in [0.5, 0.6) is 0 Å². The Labute approximate surface area is 95.6 Å². The molecule has 3 heteroatoms. The number of aryl methyl sites for hydroxylation is 1. The Morgan fingerprint density at radius 1 is 1.19 bits per heavy atom. The topological polar surface area (TPSA) is 52.3 Å². The average Bonchev–Trinajstić information content (AvgIpc) is 2.28. The second-order valence-corrected chi connectivity index (χ2v) is 4.20. The molecule has 0 aliphatic carbocycles. The molecule has 16 heavy (non-hydrogen) atoms. The number of hydrogen-bond acceptors (Lipinski definition) is 3. The number of esters is 1. The highest BCUT2D eigenvalue weighted by atomic mass is 16.6. The van der Waals surface area contributed by atoms with Gasteiger partial charge in [-0.25, -0.2) is 4.79 Å². The molecule has 1 aromatic carbocycles. The van der Waals surface area contributed by atoms with Gasteiger partial charge < -0.3 is 4.74 Å². The molecule has 3 nitrogen and oxygen atoms in total. The van der Waals surface area contributed by atoms with Crippen LogP contribution < -0.4 is 5.73 Å². The van der Waals surface area contributed by atoms with Gasteiger partial charge in [-0.3, -0.25) is 5.73 Å². The summed E-state index contributed by atoms with van der Waals surface area (Å²) < 4.78 is 5.19. The Balaban J connectivity index is 2.25. The zero-order chi connectivity index (χ0) is 11.4. The second-order valence-electron chi connectivity index (χ2n) is 4.20. The Kier molecular flexibility index (Phi) is 3.57. The molecule has 0 saturated carbocycles. The molecule has 1 atom stereocenters. The van der Waals surface area contributed by atoms with Gasteiger partial charge in [-0.2, -0.15) is 0 Å². The molecule has 0 aromatic heterocycles. The summed E-state index contributed by atoms with van der Waals surface area (Å²) in [4.78, 5) is 11.8. The minimum atomic E-state index is -0.460. The predicted molar refractivity (Wildman–Crippen MR) is 62.0 cm³/mol. The molecule has 2 rings (SSSR count). The van der Waals surface area contributed by atoms with Crippen molar-refractivity contribution in [1.82, 2.24) is 0 Å². The van der Waals surface area contributed by atoms with Gasteiger partial charge in [-0.05, 0) is 37.3 Å². The van der Waals surface area contributed by atoms with E-state index in [4.69, 9.17) is 10.5 Å². The third kappa shape index (κ3) is 2.61. The van der Waals surface area contributed by atoms with Gasteiger partial charge >= 0.3 is 5.97 Å². The molecule has 0 bridgehead atoms. The van der Waals surface area contributed by atoms with Crippen molar-refractivity contribution >= 4 is 5.97 Å². The van der Waals surface area contributed by atoms with Crippen LogP contribution in [0.1, 0.15) is 41.6 Å². The molecular weight excluding hydrogens is 202 g/mol. The first-order valence-corrected chi connectivity index (χ1v) is 5.82. The summed E-state index contributed by atoms with van der Waals surface area (Å²) >= 11 is 0. The molecule has 1 aliphatic heterocycles. The van der Waals surface area contributed by atoms with Gasteiger partial charge in [0.1, 0.15) is 0 Å². The molecule has 0 fully saturated rings. The lowest BCUT2D eigenvalue weighted by Gasteiger charge is -2.16. The van der Waals surface area contributed by atoms with Crippen molar-refractivity contribution in [3.05, 3.63) is 35.4 Å². The van der Waals surface area contributed by atoms with Crippen molar-refractivity contribution < 1.29 is 9.53 Å². The summed E-state index contributed by atoms with van der Waals surface area (Å²) in [7, 11) is 0. The van der Waals surface area contributed by atoms with E-state index in [9.17, 15) is 4.79 Å². The molecule has 1 aromatic rings. The summed E-state index contributed by atoms with van der Waals surface area (Å²) in [5.74, 6) is -0.287. The number of rotatable bonds is 0. The fraction of sp³-hybridized carbons (Fsp3) is 0.462. The highest BCUT2D eigenvalue weighted by molar-refractivity contribution is 5.91. The lowest BCUT2D eigenvalue weighted by molar-refractivity contribution is 0.0288.